The molecule has 0 unspecified atom stereocenters. The van der Waals surface area contributed by atoms with E-state index in [0.29, 0.717) is 54.4 Å². The van der Waals surface area contributed by atoms with Crippen molar-refractivity contribution < 1.29 is 18.7 Å². The maximum absolute atomic E-state index is 14.5. The lowest BCUT2D eigenvalue weighted by atomic mass is 10.1. The number of nitrogens with zero attached hydrogens (tertiary/aromatic N) is 6. The number of urea groups is 1. The molecule has 1 fully saturated rings. The van der Waals surface area contributed by atoms with Crippen molar-refractivity contribution in [3.05, 3.63) is 84.8 Å². The number of ketones is 1. The molecular formula is C31H27FN8O3. The van der Waals surface area contributed by atoms with Gasteiger partial charge in [-0.3, -0.25) is 9.78 Å². The van der Waals surface area contributed by atoms with Gasteiger partial charge < -0.3 is 20.3 Å². The van der Waals surface area contributed by atoms with Gasteiger partial charge in [0.2, 0.25) is 0 Å². The van der Waals surface area contributed by atoms with Crippen LogP contribution in [0.1, 0.15) is 12.5 Å². The molecule has 11 nitrogen and oxygen atoms in total. The molecule has 0 bridgehead atoms. The van der Waals surface area contributed by atoms with Crippen LogP contribution in [0.5, 0.6) is 0 Å². The normalized spacial score (nSPS) is 13.1. The number of carbonyl (C=O) groups excluding carboxylic acids is 2. The van der Waals surface area contributed by atoms with Gasteiger partial charge in [0.15, 0.2) is 11.6 Å². The van der Waals surface area contributed by atoms with E-state index in [0.717, 1.165) is 22.5 Å². The Morgan fingerprint density at radius 3 is 2.40 bits per heavy atom. The van der Waals surface area contributed by atoms with Gasteiger partial charge in [0, 0.05) is 60.5 Å². The zero-order valence-electron chi connectivity index (χ0n) is 23.2. The third-order valence-electron chi connectivity index (χ3n) is 6.86. The van der Waals surface area contributed by atoms with Crippen molar-refractivity contribution in [3.8, 4) is 22.5 Å². The molecule has 216 valence electrons. The van der Waals surface area contributed by atoms with Crippen LogP contribution >= 0.6 is 0 Å². The van der Waals surface area contributed by atoms with Crippen molar-refractivity contribution in [1.82, 2.24) is 24.9 Å². The maximum atomic E-state index is 14.5. The van der Waals surface area contributed by atoms with Crippen molar-refractivity contribution in [3.63, 3.8) is 0 Å². The summed E-state index contributed by atoms with van der Waals surface area (Å²) < 4.78 is 20.0. The molecule has 3 aromatic heterocycles. The van der Waals surface area contributed by atoms with Crippen molar-refractivity contribution in [2.24, 2.45) is 0 Å². The van der Waals surface area contributed by atoms with Gasteiger partial charge in [0.1, 0.15) is 23.4 Å². The summed E-state index contributed by atoms with van der Waals surface area (Å²) in [5, 5.41) is 5.21. The fourth-order valence-electron chi connectivity index (χ4n) is 4.78. The first-order chi connectivity index (χ1) is 20.9. The quantitative estimate of drug-likeness (QED) is 0.276. The monoisotopic (exact) mass is 578 g/mol. The molecule has 0 aliphatic carbocycles. The number of aromatic nitrogens is 5. The standard InChI is InChI=1S/C31H27FN8O3/c1-19(41)12-20-2-7-26(25(32)13-20)38-31(42)36-24-5-3-21(4-6-24)29-37-27-14-22(23-15-33-18-34-16-23)17-35-28(27)30(39-29)40-8-10-43-11-9-40/h2-7,13-18H,8-12H2,1H3,(H2,36,38,42). The van der Waals surface area contributed by atoms with E-state index in [9.17, 15) is 14.0 Å². The van der Waals surface area contributed by atoms with Crippen LogP contribution in [0.4, 0.5) is 26.4 Å². The molecule has 2 amide bonds. The molecule has 43 heavy (non-hydrogen) atoms. The Morgan fingerprint density at radius 1 is 0.907 bits per heavy atom. The van der Waals surface area contributed by atoms with Crippen LogP contribution in [0.3, 0.4) is 0 Å². The summed E-state index contributed by atoms with van der Waals surface area (Å²) in [6, 6.07) is 12.7. The number of nitrogens with one attached hydrogen (secondary N) is 2. The number of morpholine rings is 1. The van der Waals surface area contributed by atoms with Crippen molar-refractivity contribution in [2.75, 3.05) is 41.8 Å². The number of ether oxygens (including phenoxy) is 1. The number of anilines is 3. The van der Waals surface area contributed by atoms with E-state index in [2.05, 4.69) is 25.5 Å². The maximum Gasteiger partial charge on any atom is 0.323 e. The number of benzene rings is 2. The lowest BCUT2D eigenvalue weighted by Crippen LogP contribution is -2.37. The highest BCUT2D eigenvalue weighted by Gasteiger charge is 2.20. The van der Waals surface area contributed by atoms with E-state index in [1.54, 1.807) is 48.9 Å². The molecule has 4 heterocycles. The second-order valence-electron chi connectivity index (χ2n) is 10.0. The lowest BCUT2D eigenvalue weighted by molar-refractivity contribution is -0.116. The fraction of sp³-hybridized carbons (Fsp3) is 0.194. The van der Waals surface area contributed by atoms with Gasteiger partial charge in [-0.2, -0.15) is 0 Å². The molecule has 12 heteroatoms. The van der Waals surface area contributed by atoms with E-state index in [1.165, 1.54) is 25.4 Å². The Bertz CT molecular complexity index is 1800. The van der Waals surface area contributed by atoms with E-state index < -0.39 is 11.8 Å². The number of rotatable bonds is 7. The van der Waals surface area contributed by atoms with Crippen LogP contribution < -0.4 is 15.5 Å². The number of hydrogen-bond donors (Lipinski definition) is 2. The van der Waals surface area contributed by atoms with E-state index >= 15 is 0 Å². The summed E-state index contributed by atoms with van der Waals surface area (Å²) in [5.41, 5.74) is 4.80. The third-order valence-corrected chi connectivity index (χ3v) is 6.86. The van der Waals surface area contributed by atoms with Crippen LogP contribution in [0.2, 0.25) is 0 Å². The summed E-state index contributed by atoms with van der Waals surface area (Å²) in [5.74, 6) is 0.528. The molecule has 0 saturated carbocycles. The number of amides is 2. The van der Waals surface area contributed by atoms with E-state index in [1.807, 2.05) is 6.07 Å². The average molecular weight is 579 g/mol. The molecule has 2 aromatic carbocycles. The predicted molar refractivity (Wildman–Crippen MR) is 160 cm³/mol. The number of fused-ring (bicyclic) bond motifs is 1. The number of halogens is 1. The summed E-state index contributed by atoms with van der Waals surface area (Å²) in [6.07, 6.45) is 6.82. The topological polar surface area (TPSA) is 135 Å². The Morgan fingerprint density at radius 2 is 1.67 bits per heavy atom. The molecule has 1 aliphatic rings. The third kappa shape index (κ3) is 6.44. The zero-order chi connectivity index (χ0) is 29.8. The first-order valence-electron chi connectivity index (χ1n) is 13.6. The van der Waals surface area contributed by atoms with Crippen molar-refractivity contribution in [2.45, 2.75) is 13.3 Å². The number of Topliss-reactive ketones (excluding diaryl/α,β-unsaturated/α-hetero) is 1. The number of carbonyl (C=O) groups is 2. The summed E-state index contributed by atoms with van der Waals surface area (Å²) >= 11 is 0. The average Bonchev–Trinajstić information content (AvgIpc) is 3.02. The molecule has 6 rings (SSSR count). The first kappa shape index (κ1) is 27.8. The molecule has 1 saturated heterocycles. The second-order valence-corrected chi connectivity index (χ2v) is 10.0. The summed E-state index contributed by atoms with van der Waals surface area (Å²) in [7, 11) is 0. The highest BCUT2D eigenvalue weighted by atomic mass is 19.1. The van der Waals surface area contributed by atoms with Gasteiger partial charge in [-0.1, -0.05) is 6.07 Å². The smallest absolute Gasteiger partial charge is 0.323 e. The molecule has 0 atom stereocenters. The Kier molecular flexibility index (Phi) is 7.92. The predicted octanol–water partition coefficient (Wildman–Crippen LogP) is 4.90. The Balaban J connectivity index is 1.25. The lowest BCUT2D eigenvalue weighted by Gasteiger charge is -2.28. The molecule has 5 aromatic rings. The van der Waals surface area contributed by atoms with Crippen LogP contribution in [0.15, 0.2) is 73.4 Å². The van der Waals surface area contributed by atoms with Crippen LogP contribution in [-0.4, -0.2) is 63.0 Å². The fourth-order valence-corrected chi connectivity index (χ4v) is 4.78. The van der Waals surface area contributed by atoms with Crippen molar-refractivity contribution >= 4 is 40.0 Å². The first-order valence-corrected chi connectivity index (χ1v) is 13.6. The molecule has 0 radical (unpaired) electrons. The van der Waals surface area contributed by atoms with Crippen LogP contribution in [0.25, 0.3) is 33.5 Å². The Hall–Kier alpha value is -5.36. The highest BCUT2D eigenvalue weighted by molar-refractivity contribution is 6.00. The number of hydrogen-bond acceptors (Lipinski definition) is 9. The van der Waals surface area contributed by atoms with E-state index in [4.69, 9.17) is 19.7 Å². The zero-order valence-corrected chi connectivity index (χ0v) is 23.2. The van der Waals surface area contributed by atoms with Gasteiger partial charge in [0.05, 0.1) is 24.4 Å². The Labute approximate surface area is 246 Å². The summed E-state index contributed by atoms with van der Waals surface area (Å²) in [4.78, 5) is 48.7. The minimum atomic E-state index is -0.619. The van der Waals surface area contributed by atoms with Gasteiger partial charge >= 0.3 is 6.03 Å². The highest BCUT2D eigenvalue weighted by Crippen LogP contribution is 2.30. The minimum Gasteiger partial charge on any atom is -0.378 e. The summed E-state index contributed by atoms with van der Waals surface area (Å²) in [6.45, 7) is 3.98. The van der Waals surface area contributed by atoms with Gasteiger partial charge in [-0.15, -0.1) is 0 Å². The molecule has 1 aliphatic heterocycles. The van der Waals surface area contributed by atoms with Gasteiger partial charge in [-0.05, 0) is 55.0 Å². The van der Waals surface area contributed by atoms with Crippen molar-refractivity contribution in [1.29, 1.82) is 0 Å². The van der Waals surface area contributed by atoms with Gasteiger partial charge in [0.25, 0.3) is 0 Å². The van der Waals surface area contributed by atoms with Crippen LogP contribution in [-0.2, 0) is 16.0 Å². The minimum absolute atomic E-state index is 0.0108. The molecular weight excluding hydrogens is 551 g/mol. The van der Waals surface area contributed by atoms with Gasteiger partial charge in [-0.25, -0.2) is 29.1 Å². The molecule has 0 spiro atoms. The van der Waals surface area contributed by atoms with E-state index in [-0.39, 0.29) is 17.9 Å². The number of pyridine rings is 1. The largest absolute Gasteiger partial charge is 0.378 e. The van der Waals surface area contributed by atoms with Crippen LogP contribution in [0, 0.1) is 5.82 Å². The second kappa shape index (κ2) is 12.2. The SMILES string of the molecule is CC(=O)Cc1ccc(NC(=O)Nc2ccc(-c3nc(N4CCOCC4)c4ncc(-c5cncnc5)cc4n3)cc2)c(F)c1. The molecule has 2 N–H and O–H groups in total.